The van der Waals surface area contributed by atoms with Crippen LogP contribution in [-0.4, -0.2) is 93.4 Å². The number of likely N-dealkylation sites (tertiary alicyclic amines) is 2. The molecule has 3 aliphatic carbocycles. The summed E-state index contributed by atoms with van der Waals surface area (Å²) in [7, 11) is 0. The molecule has 11 atom stereocenters. The zero-order valence-corrected chi connectivity index (χ0v) is 26.0. The van der Waals surface area contributed by atoms with E-state index in [9.17, 15) is 37.6 Å². The highest BCUT2D eigenvalue weighted by Crippen LogP contribution is 2.82. The number of nitriles is 1. The zero-order chi connectivity index (χ0) is 34.0. The Morgan fingerprint density at radius 1 is 1.19 bits per heavy atom. The standard InChI is InChI=1S/C31H34F4N6O6/c1-13(31(33,34)35)46-27(45)38-22(28(2,3)4)25(43)40-11-16-15-9-30(32)19(15)20(30)18(16)21(40)24(42)41-12-29(8-14(41)10-36)26(44)39-23-17(47-29)6-5-7-37-23/h5-7,13-16,18-22H,8-9,11-12H2,1-4H3,(H,38,45)(H,37,39,44)/t13-,14?,15-,16+,18+,19?,20+,21-,22+,29+,30+/m0/s1. The number of anilines is 1. The number of alkyl carbamates (subject to hydrolysis) is 1. The van der Waals surface area contributed by atoms with Gasteiger partial charge in [0.1, 0.15) is 23.8 Å². The molecule has 3 saturated carbocycles. The molecule has 2 saturated heterocycles. The van der Waals surface area contributed by atoms with E-state index < -0.39 is 82.7 Å². The maximum Gasteiger partial charge on any atom is 0.425 e. The van der Waals surface area contributed by atoms with E-state index in [0.717, 1.165) is 0 Å². The van der Waals surface area contributed by atoms with Gasteiger partial charge in [-0.2, -0.15) is 18.4 Å². The number of nitrogens with zero attached hydrogens (tertiary/aromatic N) is 4. The number of carbonyl (C=O) groups excluding carboxylic acids is 4. The smallest absolute Gasteiger partial charge is 0.425 e. The maximum absolute atomic E-state index is 15.6. The van der Waals surface area contributed by atoms with Crippen LogP contribution in [0.1, 0.15) is 40.5 Å². The lowest BCUT2D eigenvalue weighted by Gasteiger charge is -2.38. The molecule has 0 aromatic carbocycles. The van der Waals surface area contributed by atoms with Crippen molar-refractivity contribution in [2.24, 2.45) is 35.0 Å². The summed E-state index contributed by atoms with van der Waals surface area (Å²) in [5.41, 5.74) is -4.09. The Bertz CT molecular complexity index is 1610. The van der Waals surface area contributed by atoms with Crippen molar-refractivity contribution in [2.45, 2.75) is 82.2 Å². The molecule has 12 nitrogen and oxygen atoms in total. The number of fused-ring (bicyclic) bond motifs is 5. The molecule has 47 heavy (non-hydrogen) atoms. The quantitative estimate of drug-likeness (QED) is 0.467. The lowest BCUT2D eigenvalue weighted by molar-refractivity contribution is -0.197. The van der Waals surface area contributed by atoms with Gasteiger partial charge in [-0.1, -0.05) is 20.8 Å². The summed E-state index contributed by atoms with van der Waals surface area (Å²) >= 11 is 0. The molecule has 6 aliphatic rings. The van der Waals surface area contributed by atoms with Crippen LogP contribution in [0.15, 0.2) is 18.3 Å². The third kappa shape index (κ3) is 4.55. The van der Waals surface area contributed by atoms with Gasteiger partial charge in [0.25, 0.3) is 5.91 Å². The summed E-state index contributed by atoms with van der Waals surface area (Å²) < 4.78 is 65.5. The van der Waals surface area contributed by atoms with Gasteiger partial charge in [0.15, 0.2) is 17.7 Å². The molecule has 0 bridgehead atoms. The molecule has 1 spiro atoms. The van der Waals surface area contributed by atoms with Gasteiger partial charge in [-0.3, -0.25) is 14.4 Å². The normalized spacial score (nSPS) is 37.3. The number of pyridine rings is 1. The molecular weight excluding hydrogens is 628 g/mol. The largest absolute Gasteiger partial charge is 0.472 e. The number of amides is 4. The molecule has 0 radical (unpaired) electrons. The van der Waals surface area contributed by atoms with Gasteiger partial charge in [-0.05, 0) is 48.6 Å². The summed E-state index contributed by atoms with van der Waals surface area (Å²) in [6, 6.07) is 1.51. The van der Waals surface area contributed by atoms with E-state index >= 15 is 4.39 Å². The summed E-state index contributed by atoms with van der Waals surface area (Å²) in [5, 5.41) is 15.1. The predicted octanol–water partition coefficient (Wildman–Crippen LogP) is 2.80. The highest BCUT2D eigenvalue weighted by Gasteiger charge is 2.87. The summed E-state index contributed by atoms with van der Waals surface area (Å²) in [6.45, 7) is 5.21. The number of carbonyl (C=O) groups is 4. The first kappa shape index (κ1) is 31.4. The minimum atomic E-state index is -4.83. The Labute approximate surface area is 267 Å². The third-order valence-electron chi connectivity index (χ3n) is 11.1. The number of halogens is 4. The minimum absolute atomic E-state index is 0.0464. The van der Waals surface area contributed by atoms with Gasteiger partial charge >= 0.3 is 12.3 Å². The van der Waals surface area contributed by atoms with Crippen LogP contribution in [0.3, 0.4) is 0 Å². The highest BCUT2D eigenvalue weighted by molar-refractivity contribution is 6.01. The van der Waals surface area contributed by atoms with E-state index in [4.69, 9.17) is 4.74 Å². The average molecular weight is 663 g/mol. The molecule has 252 valence electrons. The monoisotopic (exact) mass is 662 g/mol. The van der Waals surface area contributed by atoms with Crippen LogP contribution in [0.2, 0.25) is 0 Å². The van der Waals surface area contributed by atoms with E-state index in [2.05, 4.69) is 26.4 Å². The fourth-order valence-electron chi connectivity index (χ4n) is 8.84. The second kappa shape index (κ2) is 9.93. The van der Waals surface area contributed by atoms with Gasteiger partial charge < -0.3 is 29.9 Å². The van der Waals surface area contributed by atoms with E-state index in [-0.39, 0.29) is 48.8 Å². The fraction of sp³-hybridized carbons (Fsp3) is 0.677. The number of alkyl halides is 4. The van der Waals surface area contributed by atoms with Crippen LogP contribution >= 0.6 is 0 Å². The first-order valence-electron chi connectivity index (χ1n) is 15.6. The molecule has 3 aliphatic heterocycles. The highest BCUT2D eigenvalue weighted by atomic mass is 19.4. The molecule has 1 aromatic heterocycles. The summed E-state index contributed by atoms with van der Waals surface area (Å²) in [6.07, 6.45) is -7.10. The van der Waals surface area contributed by atoms with Gasteiger partial charge in [0.2, 0.25) is 17.4 Å². The molecule has 4 heterocycles. The number of aromatic nitrogens is 1. The Morgan fingerprint density at radius 2 is 1.91 bits per heavy atom. The molecular formula is C31H34F4N6O6. The van der Waals surface area contributed by atoms with Crippen molar-refractivity contribution in [2.75, 3.05) is 18.4 Å². The van der Waals surface area contributed by atoms with Crippen molar-refractivity contribution < 1.29 is 46.2 Å². The second-order valence-electron chi connectivity index (χ2n) is 14.8. The van der Waals surface area contributed by atoms with Crippen molar-refractivity contribution in [1.29, 1.82) is 5.26 Å². The van der Waals surface area contributed by atoms with Crippen molar-refractivity contribution in [1.82, 2.24) is 20.1 Å². The average Bonchev–Trinajstić information content (AvgIpc) is 3.40. The topological polar surface area (TPSA) is 154 Å². The van der Waals surface area contributed by atoms with Gasteiger partial charge in [-0.15, -0.1) is 0 Å². The van der Waals surface area contributed by atoms with Crippen molar-refractivity contribution >= 4 is 29.6 Å². The van der Waals surface area contributed by atoms with Crippen LogP contribution < -0.4 is 15.4 Å². The van der Waals surface area contributed by atoms with Crippen LogP contribution in [0.25, 0.3) is 0 Å². The predicted molar refractivity (Wildman–Crippen MR) is 152 cm³/mol. The number of ether oxygens (including phenoxy) is 2. The number of rotatable bonds is 4. The summed E-state index contributed by atoms with van der Waals surface area (Å²) in [5.74, 6) is -3.04. The Kier molecular flexibility index (Phi) is 6.64. The Morgan fingerprint density at radius 3 is 2.57 bits per heavy atom. The minimum Gasteiger partial charge on any atom is -0.472 e. The second-order valence-corrected chi connectivity index (χ2v) is 14.8. The van der Waals surface area contributed by atoms with E-state index in [1.807, 2.05) is 0 Å². The molecule has 7 rings (SSSR count). The molecule has 16 heteroatoms. The Hall–Kier alpha value is -4.16. The molecule has 4 amide bonds. The van der Waals surface area contributed by atoms with Gasteiger partial charge in [0, 0.05) is 31.0 Å². The van der Waals surface area contributed by atoms with Crippen LogP contribution in [0.4, 0.5) is 28.2 Å². The summed E-state index contributed by atoms with van der Waals surface area (Å²) in [4.78, 5) is 61.5. The van der Waals surface area contributed by atoms with Crippen LogP contribution in [0.5, 0.6) is 5.75 Å². The van der Waals surface area contributed by atoms with Gasteiger partial charge in [-0.25, -0.2) is 14.2 Å². The van der Waals surface area contributed by atoms with E-state index in [1.165, 1.54) is 16.0 Å². The SMILES string of the molecule is C[C@H](OC(=O)N[C@H](C(=O)N1C[C@H]2[C@@H]([C@H]1C(=O)N1C[C@@]3(CC1C#N)Oc1cccnc1NC3=O)[C@@H]1C3[C@H]2C[C@@]31F)C(C)(C)C)C(F)(F)F. The van der Waals surface area contributed by atoms with E-state index in [0.29, 0.717) is 13.3 Å². The van der Waals surface area contributed by atoms with E-state index in [1.54, 1.807) is 32.9 Å². The van der Waals surface area contributed by atoms with Crippen LogP contribution in [0, 0.1) is 46.3 Å². The molecule has 2 N–H and O–H groups in total. The fourth-order valence-corrected chi connectivity index (χ4v) is 8.84. The molecule has 1 aromatic rings. The Balaban J connectivity index is 1.19. The lowest BCUT2D eigenvalue weighted by Crippen LogP contribution is -2.60. The number of hydrogen-bond acceptors (Lipinski definition) is 8. The maximum atomic E-state index is 15.6. The lowest BCUT2D eigenvalue weighted by atomic mass is 9.69. The first-order chi connectivity index (χ1) is 21.9. The number of hydrogen-bond donors (Lipinski definition) is 2. The zero-order valence-electron chi connectivity index (χ0n) is 26.0. The van der Waals surface area contributed by atoms with Gasteiger partial charge in [0.05, 0.1) is 12.6 Å². The van der Waals surface area contributed by atoms with Crippen molar-refractivity contribution in [3.63, 3.8) is 0 Å². The van der Waals surface area contributed by atoms with Crippen molar-refractivity contribution in [3.8, 4) is 11.8 Å². The number of nitrogens with one attached hydrogen (secondary N) is 2. The first-order valence-corrected chi connectivity index (χ1v) is 15.6. The van der Waals surface area contributed by atoms with Crippen LogP contribution in [-0.2, 0) is 19.1 Å². The van der Waals surface area contributed by atoms with Crippen molar-refractivity contribution in [3.05, 3.63) is 18.3 Å². The third-order valence-corrected chi connectivity index (χ3v) is 11.1. The molecule has 2 unspecified atom stereocenters. The molecule has 5 fully saturated rings.